The van der Waals surface area contributed by atoms with Crippen molar-refractivity contribution < 1.29 is 14.3 Å². The number of fused-ring (bicyclic) bond motifs is 1. The molecule has 1 heterocycles. The molecule has 4 fully saturated rings. The molecular weight excluding hydrogens is 326 g/mol. The fourth-order valence-electron chi connectivity index (χ4n) is 5.80. The molecule has 5 aliphatic rings. The second-order valence-electron chi connectivity index (χ2n) is 8.13. The lowest BCUT2D eigenvalue weighted by atomic mass is 9.49. The zero-order valence-corrected chi connectivity index (χ0v) is 14.4. The van der Waals surface area contributed by atoms with Crippen molar-refractivity contribution in [1.82, 2.24) is 0 Å². The fraction of sp³-hybridized carbons (Fsp3) is 0.632. The Kier molecular flexibility index (Phi) is 3.28. The highest BCUT2D eigenvalue weighted by Gasteiger charge is 2.54. The molecule has 24 heavy (non-hydrogen) atoms. The third-order valence-corrected chi connectivity index (χ3v) is 6.71. The van der Waals surface area contributed by atoms with Crippen molar-refractivity contribution in [3.8, 4) is 11.5 Å². The van der Waals surface area contributed by atoms with Gasteiger partial charge in [-0.2, -0.15) is 0 Å². The molecule has 1 aromatic carbocycles. The molecule has 6 rings (SSSR count). The van der Waals surface area contributed by atoms with Gasteiger partial charge in [0.15, 0.2) is 11.5 Å². The number of nitrogens with one attached hydrogen (secondary N) is 1. The second kappa shape index (κ2) is 5.29. The first-order valence-electron chi connectivity index (χ1n) is 9.02. The van der Waals surface area contributed by atoms with E-state index in [0.29, 0.717) is 35.4 Å². The number of hydrogen-bond acceptors (Lipinski definition) is 3. The molecule has 1 aromatic rings. The van der Waals surface area contributed by atoms with Gasteiger partial charge in [-0.15, -0.1) is 0 Å². The summed E-state index contributed by atoms with van der Waals surface area (Å²) in [5.74, 6) is 3.71. The molecule has 128 valence electrons. The molecule has 0 atom stereocenters. The lowest BCUT2D eigenvalue weighted by molar-refractivity contribution is -0.140. The van der Waals surface area contributed by atoms with Crippen molar-refractivity contribution in [3.63, 3.8) is 0 Å². The van der Waals surface area contributed by atoms with Crippen molar-refractivity contribution in [1.29, 1.82) is 0 Å². The van der Waals surface area contributed by atoms with Gasteiger partial charge >= 0.3 is 0 Å². The number of ether oxygens (including phenoxy) is 2. The largest absolute Gasteiger partial charge is 0.486 e. The number of benzene rings is 1. The van der Waals surface area contributed by atoms with Crippen LogP contribution in [-0.2, 0) is 4.79 Å². The van der Waals surface area contributed by atoms with Crippen LogP contribution in [0.5, 0.6) is 11.5 Å². The first kappa shape index (κ1) is 14.9. The van der Waals surface area contributed by atoms with Crippen LogP contribution in [0.1, 0.15) is 38.5 Å². The Morgan fingerprint density at radius 2 is 1.54 bits per heavy atom. The maximum Gasteiger partial charge on any atom is 0.230 e. The van der Waals surface area contributed by atoms with Crippen LogP contribution in [0.15, 0.2) is 12.1 Å². The van der Waals surface area contributed by atoms with Crippen LogP contribution in [0.2, 0.25) is 5.02 Å². The third kappa shape index (κ3) is 2.30. The van der Waals surface area contributed by atoms with Gasteiger partial charge in [0.05, 0.1) is 16.1 Å². The van der Waals surface area contributed by atoms with Gasteiger partial charge in [0.1, 0.15) is 13.2 Å². The molecule has 1 aliphatic heterocycles. The molecule has 4 nitrogen and oxygen atoms in total. The number of anilines is 1. The van der Waals surface area contributed by atoms with Gasteiger partial charge in [0, 0.05) is 12.1 Å². The summed E-state index contributed by atoms with van der Waals surface area (Å²) in [7, 11) is 0. The van der Waals surface area contributed by atoms with Crippen LogP contribution < -0.4 is 14.8 Å². The van der Waals surface area contributed by atoms with E-state index in [0.717, 1.165) is 37.0 Å². The normalized spacial score (nSPS) is 35.8. The lowest BCUT2D eigenvalue weighted by Gasteiger charge is -2.55. The number of carbonyl (C=O) groups excluding carboxylic acids is 1. The Bertz CT molecular complexity index is 667. The predicted molar refractivity (Wildman–Crippen MR) is 91.7 cm³/mol. The Hall–Kier alpha value is -1.42. The summed E-state index contributed by atoms with van der Waals surface area (Å²) in [4.78, 5) is 13.1. The first-order valence-corrected chi connectivity index (χ1v) is 9.40. The Labute approximate surface area is 146 Å². The van der Waals surface area contributed by atoms with E-state index in [9.17, 15) is 4.79 Å². The van der Waals surface area contributed by atoms with Crippen molar-refractivity contribution in [2.75, 3.05) is 18.5 Å². The van der Waals surface area contributed by atoms with E-state index in [1.54, 1.807) is 12.1 Å². The van der Waals surface area contributed by atoms with Crippen LogP contribution in [-0.4, -0.2) is 19.1 Å². The summed E-state index contributed by atoms with van der Waals surface area (Å²) in [6, 6.07) is 3.54. The topological polar surface area (TPSA) is 47.6 Å². The highest BCUT2D eigenvalue weighted by molar-refractivity contribution is 6.34. The number of amides is 1. The Morgan fingerprint density at radius 3 is 2.12 bits per heavy atom. The van der Waals surface area contributed by atoms with Gasteiger partial charge in [-0.3, -0.25) is 4.79 Å². The van der Waals surface area contributed by atoms with Crippen LogP contribution in [0.25, 0.3) is 0 Å². The van der Waals surface area contributed by atoms with Gasteiger partial charge in [-0.05, 0) is 56.3 Å². The average molecular weight is 348 g/mol. The molecule has 0 radical (unpaired) electrons. The monoisotopic (exact) mass is 347 g/mol. The quantitative estimate of drug-likeness (QED) is 0.869. The van der Waals surface area contributed by atoms with Gasteiger partial charge in [-0.1, -0.05) is 11.6 Å². The van der Waals surface area contributed by atoms with Crippen molar-refractivity contribution >= 4 is 23.2 Å². The standard InChI is InChI=1S/C19H22ClNO3/c20-14-6-16-17(24-2-1-23-16)7-15(14)21-18(22)19-8-11-3-12(9-19)5-13(4-11)10-19/h6-7,11-13H,1-5,8-10H2,(H,21,22). The summed E-state index contributed by atoms with van der Waals surface area (Å²) in [5, 5.41) is 3.62. The van der Waals surface area contributed by atoms with Crippen LogP contribution >= 0.6 is 11.6 Å². The van der Waals surface area contributed by atoms with E-state index in [1.807, 2.05) is 0 Å². The first-order chi connectivity index (χ1) is 11.6. The van der Waals surface area contributed by atoms with Crippen molar-refractivity contribution in [3.05, 3.63) is 17.2 Å². The molecule has 0 aromatic heterocycles. The smallest absolute Gasteiger partial charge is 0.230 e. The third-order valence-electron chi connectivity index (χ3n) is 6.40. The molecule has 5 heteroatoms. The molecular formula is C19H22ClNO3. The Morgan fingerprint density at radius 1 is 1.00 bits per heavy atom. The molecule has 4 saturated carbocycles. The van der Waals surface area contributed by atoms with E-state index in [2.05, 4.69) is 5.32 Å². The van der Waals surface area contributed by atoms with E-state index in [-0.39, 0.29) is 11.3 Å². The number of rotatable bonds is 2. The van der Waals surface area contributed by atoms with Crippen LogP contribution in [0.3, 0.4) is 0 Å². The highest BCUT2D eigenvalue weighted by Crippen LogP contribution is 2.60. The van der Waals surface area contributed by atoms with E-state index in [4.69, 9.17) is 21.1 Å². The molecule has 1 amide bonds. The van der Waals surface area contributed by atoms with Crippen LogP contribution in [0, 0.1) is 23.2 Å². The summed E-state index contributed by atoms with van der Waals surface area (Å²) in [6.45, 7) is 1.05. The lowest BCUT2D eigenvalue weighted by Crippen LogP contribution is -2.51. The predicted octanol–water partition coefficient (Wildman–Crippen LogP) is 4.27. The molecule has 0 spiro atoms. The van der Waals surface area contributed by atoms with E-state index < -0.39 is 0 Å². The number of hydrogen-bond donors (Lipinski definition) is 1. The summed E-state index contributed by atoms with van der Waals surface area (Å²) in [6.07, 6.45) is 7.14. The van der Waals surface area contributed by atoms with Gasteiger partial charge in [0.2, 0.25) is 5.91 Å². The maximum atomic E-state index is 13.1. The van der Waals surface area contributed by atoms with Crippen LogP contribution in [0.4, 0.5) is 5.69 Å². The molecule has 0 saturated heterocycles. The number of halogens is 1. The SMILES string of the molecule is O=C(Nc1cc2c(cc1Cl)OCCO2)C12CC3CC(CC(C3)C1)C2. The zero-order valence-electron chi connectivity index (χ0n) is 13.6. The molecule has 0 unspecified atom stereocenters. The van der Waals surface area contributed by atoms with Gasteiger partial charge < -0.3 is 14.8 Å². The fourth-order valence-corrected chi connectivity index (χ4v) is 6.00. The number of carbonyl (C=O) groups is 1. The summed E-state index contributed by atoms with van der Waals surface area (Å²) < 4.78 is 11.2. The molecule has 1 N–H and O–H groups in total. The minimum absolute atomic E-state index is 0.153. The van der Waals surface area contributed by atoms with E-state index in [1.165, 1.54) is 19.3 Å². The molecule has 4 aliphatic carbocycles. The van der Waals surface area contributed by atoms with E-state index >= 15 is 0 Å². The van der Waals surface area contributed by atoms with Crippen molar-refractivity contribution in [2.45, 2.75) is 38.5 Å². The minimum Gasteiger partial charge on any atom is -0.486 e. The van der Waals surface area contributed by atoms with Gasteiger partial charge in [-0.25, -0.2) is 0 Å². The second-order valence-corrected chi connectivity index (χ2v) is 8.53. The summed E-state index contributed by atoms with van der Waals surface area (Å²) in [5.41, 5.74) is 0.465. The Balaban J connectivity index is 1.41. The maximum absolute atomic E-state index is 13.1. The minimum atomic E-state index is -0.175. The highest BCUT2D eigenvalue weighted by atomic mass is 35.5. The average Bonchev–Trinajstić information content (AvgIpc) is 2.54. The zero-order chi connectivity index (χ0) is 16.3. The molecule has 4 bridgehead atoms. The van der Waals surface area contributed by atoms with Crippen molar-refractivity contribution in [2.24, 2.45) is 23.2 Å². The summed E-state index contributed by atoms with van der Waals surface area (Å²) >= 11 is 6.36. The van der Waals surface area contributed by atoms with Gasteiger partial charge in [0.25, 0.3) is 0 Å².